The summed E-state index contributed by atoms with van der Waals surface area (Å²) >= 11 is 0. The number of hydrogen-bond acceptors (Lipinski definition) is 10. The number of esters is 2. The van der Waals surface area contributed by atoms with E-state index in [2.05, 4.69) is 18.6 Å². The number of fused-ring (bicyclic) bond motifs is 1. The maximum Gasteiger partial charge on any atom is 0.472 e. The van der Waals surface area contributed by atoms with E-state index in [1.54, 1.807) is 18.2 Å². The Hall–Kier alpha value is -2.54. The summed E-state index contributed by atoms with van der Waals surface area (Å²) in [7, 11) is -4.97. The van der Waals surface area contributed by atoms with E-state index in [1.807, 2.05) is 31.1 Å². The number of rotatable bonds is 41. The van der Waals surface area contributed by atoms with Gasteiger partial charge in [-0.3, -0.25) is 18.6 Å². The molecular formula is C49H85N2O10PS. The van der Waals surface area contributed by atoms with Crippen molar-refractivity contribution in [2.75, 3.05) is 45.4 Å². The van der Waals surface area contributed by atoms with Crippen LogP contribution in [0.4, 0.5) is 5.69 Å². The Kier molecular flexibility index (Phi) is 31.2. The number of nitrogens with zero attached hydrogens (tertiary/aromatic N) is 1. The smallest absolute Gasteiger partial charge is 0.462 e. The van der Waals surface area contributed by atoms with Crippen LogP contribution in [-0.2, 0) is 42.7 Å². The summed E-state index contributed by atoms with van der Waals surface area (Å²) in [5, 5.41) is 1.30. The standard InChI is InChI=1S/C49H85N2O10PS/c1-5-7-9-11-13-15-17-19-21-23-25-27-29-37-48(52)58-41-43(61-49(53)38-30-28-26-24-22-20-18-16-14-12-10-8-6-2)42-60-62(54,55)59-40-39-50-63(56,57)47-36-32-33-44-45(47)34-31-35-46(44)51(3)4/h31-36,43,50H,5-30,37-42H2,1-4H3,(H,54,55)/t43-/m1/s1. The molecule has 0 fully saturated rings. The van der Waals surface area contributed by atoms with Crippen LogP contribution in [0.2, 0.25) is 0 Å². The van der Waals surface area contributed by atoms with Crippen LogP contribution >= 0.6 is 7.82 Å². The number of sulfonamides is 1. The van der Waals surface area contributed by atoms with Crippen LogP contribution < -0.4 is 9.62 Å². The molecule has 0 aliphatic carbocycles. The zero-order valence-electron chi connectivity index (χ0n) is 39.6. The van der Waals surface area contributed by atoms with Crippen LogP contribution in [0.15, 0.2) is 41.3 Å². The molecular weight excluding hydrogens is 840 g/mol. The number of unbranched alkanes of at least 4 members (excludes halogenated alkanes) is 24. The van der Waals surface area contributed by atoms with E-state index in [-0.39, 0.29) is 30.9 Å². The van der Waals surface area contributed by atoms with Crippen molar-refractivity contribution in [3.8, 4) is 0 Å². The SMILES string of the molecule is CCCCCCCCCCCCCCCC(=O)OC[C@H](COP(=O)(O)OCCNS(=O)(=O)c1cccc2c(N(C)C)cccc12)OC(=O)CCCCCCCCCCCCCCC. The summed E-state index contributed by atoms with van der Waals surface area (Å²) in [5.41, 5.74) is 0.861. The van der Waals surface area contributed by atoms with Gasteiger partial charge in [-0.25, -0.2) is 17.7 Å². The predicted octanol–water partition coefficient (Wildman–Crippen LogP) is 12.7. The molecule has 0 radical (unpaired) electrons. The van der Waals surface area contributed by atoms with Crippen molar-refractivity contribution >= 4 is 46.2 Å². The van der Waals surface area contributed by atoms with Gasteiger partial charge in [-0.2, -0.15) is 0 Å². The van der Waals surface area contributed by atoms with Crippen molar-refractivity contribution in [3.63, 3.8) is 0 Å². The topological polar surface area (TPSA) is 158 Å². The Morgan fingerprint density at radius 2 is 1.06 bits per heavy atom. The molecule has 2 N–H and O–H groups in total. The van der Waals surface area contributed by atoms with Crippen molar-refractivity contribution in [3.05, 3.63) is 36.4 Å². The number of nitrogens with one attached hydrogen (secondary N) is 1. The Morgan fingerprint density at radius 3 is 1.56 bits per heavy atom. The van der Waals surface area contributed by atoms with Crippen LogP contribution in [0.3, 0.4) is 0 Å². The number of benzene rings is 2. The highest BCUT2D eigenvalue weighted by molar-refractivity contribution is 7.89. The summed E-state index contributed by atoms with van der Waals surface area (Å²) in [5.74, 6) is -0.941. The largest absolute Gasteiger partial charge is 0.472 e. The number of carbonyl (C=O) groups excluding carboxylic acids is 2. The van der Waals surface area contributed by atoms with Gasteiger partial charge >= 0.3 is 19.8 Å². The Balaban J connectivity index is 1.79. The first-order valence-corrected chi connectivity index (χ1v) is 27.5. The van der Waals surface area contributed by atoms with Crippen LogP contribution in [-0.4, -0.2) is 71.8 Å². The lowest BCUT2D eigenvalue weighted by atomic mass is 10.0. The van der Waals surface area contributed by atoms with E-state index >= 15 is 0 Å². The highest BCUT2D eigenvalue weighted by atomic mass is 32.2. The van der Waals surface area contributed by atoms with Gasteiger partial charge in [0, 0.05) is 49.9 Å². The summed E-state index contributed by atoms with van der Waals surface area (Å²) in [6.07, 6.45) is 30.1. The monoisotopic (exact) mass is 925 g/mol. The number of carbonyl (C=O) groups is 2. The van der Waals surface area contributed by atoms with E-state index < -0.39 is 49.1 Å². The fourth-order valence-corrected chi connectivity index (χ4v) is 9.70. The van der Waals surface area contributed by atoms with Crippen LogP contribution in [0.5, 0.6) is 0 Å². The molecule has 0 saturated carbocycles. The molecule has 2 aromatic rings. The molecule has 12 nitrogen and oxygen atoms in total. The third kappa shape index (κ3) is 26.9. The third-order valence-corrected chi connectivity index (χ3v) is 13.9. The van der Waals surface area contributed by atoms with Gasteiger partial charge in [-0.15, -0.1) is 0 Å². The predicted molar refractivity (Wildman–Crippen MR) is 257 cm³/mol. The van der Waals surface area contributed by atoms with Gasteiger partial charge in [-0.1, -0.05) is 192 Å². The second-order valence-electron chi connectivity index (χ2n) is 17.3. The second kappa shape index (κ2) is 34.8. The summed E-state index contributed by atoms with van der Waals surface area (Å²) < 4.78 is 63.1. The van der Waals surface area contributed by atoms with E-state index in [9.17, 15) is 27.5 Å². The average molecular weight is 925 g/mol. The zero-order chi connectivity index (χ0) is 46.0. The van der Waals surface area contributed by atoms with Gasteiger partial charge in [0.05, 0.1) is 18.1 Å². The maximum absolute atomic E-state index is 13.3. The lowest BCUT2D eigenvalue weighted by Crippen LogP contribution is -2.30. The van der Waals surface area contributed by atoms with E-state index in [0.717, 1.165) is 49.6 Å². The van der Waals surface area contributed by atoms with Gasteiger partial charge in [0.1, 0.15) is 6.61 Å². The van der Waals surface area contributed by atoms with E-state index in [1.165, 1.54) is 122 Å². The first kappa shape index (κ1) is 56.6. The highest BCUT2D eigenvalue weighted by Crippen LogP contribution is 2.43. The third-order valence-electron chi connectivity index (χ3n) is 11.4. The van der Waals surface area contributed by atoms with Crippen LogP contribution in [0, 0.1) is 0 Å². The van der Waals surface area contributed by atoms with Gasteiger partial charge in [-0.05, 0) is 25.0 Å². The molecule has 0 aliphatic heterocycles. The van der Waals surface area contributed by atoms with Crippen molar-refractivity contribution in [2.45, 2.75) is 205 Å². The molecule has 14 heteroatoms. The Bertz CT molecular complexity index is 1670. The minimum Gasteiger partial charge on any atom is -0.462 e. The van der Waals surface area contributed by atoms with Gasteiger partial charge in [0.2, 0.25) is 10.0 Å². The molecule has 2 aromatic carbocycles. The number of ether oxygens (including phenoxy) is 2. The van der Waals surface area contributed by atoms with Crippen molar-refractivity contribution in [1.82, 2.24) is 4.72 Å². The number of phosphoric acid groups is 1. The molecule has 0 aromatic heterocycles. The molecule has 1 unspecified atom stereocenters. The molecule has 0 spiro atoms. The van der Waals surface area contributed by atoms with Crippen LogP contribution in [0.1, 0.15) is 194 Å². The normalized spacial score (nSPS) is 13.2. The summed E-state index contributed by atoms with van der Waals surface area (Å²) in [6, 6.07) is 10.4. The van der Waals surface area contributed by atoms with Gasteiger partial charge < -0.3 is 19.3 Å². The molecule has 0 heterocycles. The molecule has 0 amide bonds. The summed E-state index contributed by atoms with van der Waals surface area (Å²) in [6.45, 7) is 2.81. The molecule has 2 rings (SSSR count). The molecule has 2 atom stereocenters. The lowest BCUT2D eigenvalue weighted by Gasteiger charge is -2.20. The lowest BCUT2D eigenvalue weighted by molar-refractivity contribution is -0.161. The van der Waals surface area contributed by atoms with E-state index in [0.29, 0.717) is 18.2 Å². The molecule has 0 saturated heterocycles. The van der Waals surface area contributed by atoms with E-state index in [4.69, 9.17) is 18.5 Å². The molecule has 0 aliphatic rings. The Labute approximate surface area is 382 Å². The van der Waals surface area contributed by atoms with Crippen molar-refractivity contribution in [1.29, 1.82) is 0 Å². The molecule has 362 valence electrons. The number of phosphoric ester groups is 1. The number of anilines is 1. The first-order valence-electron chi connectivity index (χ1n) is 24.6. The zero-order valence-corrected chi connectivity index (χ0v) is 41.3. The second-order valence-corrected chi connectivity index (χ2v) is 20.5. The Morgan fingerprint density at radius 1 is 0.619 bits per heavy atom. The summed E-state index contributed by atoms with van der Waals surface area (Å²) in [4.78, 5) is 37.9. The number of hydrogen-bond donors (Lipinski definition) is 2. The molecule has 0 bridgehead atoms. The van der Waals surface area contributed by atoms with Crippen molar-refractivity contribution < 1.29 is 46.0 Å². The minimum atomic E-state index is -4.72. The quantitative estimate of drug-likeness (QED) is 0.0371. The maximum atomic E-state index is 13.3. The van der Waals surface area contributed by atoms with Crippen molar-refractivity contribution in [2.24, 2.45) is 0 Å². The average Bonchev–Trinajstić information content (AvgIpc) is 3.26. The first-order chi connectivity index (χ1) is 30.4. The fraction of sp³-hybridized carbons (Fsp3) is 0.755. The molecule has 63 heavy (non-hydrogen) atoms. The van der Waals surface area contributed by atoms with Gasteiger partial charge in [0.25, 0.3) is 0 Å². The van der Waals surface area contributed by atoms with Gasteiger partial charge in [0.15, 0.2) is 6.10 Å². The van der Waals surface area contributed by atoms with Crippen LogP contribution in [0.25, 0.3) is 10.8 Å². The minimum absolute atomic E-state index is 0.0687. The highest BCUT2D eigenvalue weighted by Gasteiger charge is 2.27. The fourth-order valence-electron chi connectivity index (χ4n) is 7.71.